The number of nitrogens with one attached hydrogen (secondary N) is 1. The van der Waals surface area contributed by atoms with Crippen molar-refractivity contribution in [2.45, 2.75) is 26.3 Å². The van der Waals surface area contributed by atoms with Crippen LogP contribution in [0.25, 0.3) is 0 Å². The number of halogens is 1. The van der Waals surface area contributed by atoms with Crippen LogP contribution < -0.4 is 5.32 Å². The molecule has 118 valence electrons. The topological polar surface area (TPSA) is 36.9 Å². The van der Waals surface area contributed by atoms with Crippen molar-refractivity contribution in [1.82, 2.24) is 10.2 Å². The number of guanidine groups is 1. The molecule has 4 nitrogen and oxygen atoms in total. The molecular weight excluding hydrogens is 397 g/mol. The summed E-state index contributed by atoms with van der Waals surface area (Å²) in [5.74, 6) is 1.06. The van der Waals surface area contributed by atoms with E-state index in [0.717, 1.165) is 45.4 Å². The molecule has 0 saturated carbocycles. The Labute approximate surface area is 148 Å². The van der Waals surface area contributed by atoms with Gasteiger partial charge in [0.15, 0.2) is 5.96 Å². The maximum Gasteiger partial charge on any atom is 0.194 e. The first-order valence-electron chi connectivity index (χ1n) is 7.43. The quantitative estimate of drug-likeness (QED) is 0.463. The third-order valence-electron chi connectivity index (χ3n) is 4.25. The zero-order valence-electron chi connectivity index (χ0n) is 12.5. The van der Waals surface area contributed by atoms with Crippen LogP contribution in [0.5, 0.6) is 0 Å². The Morgan fingerprint density at radius 3 is 3.10 bits per heavy atom. The van der Waals surface area contributed by atoms with Gasteiger partial charge >= 0.3 is 0 Å². The minimum absolute atomic E-state index is 0. The standard InChI is InChI=1S/C15H23N3OS.HI/c1-2-16-14(17-9-13-3-8-20-10-13)18-6-4-15(11-18)5-7-19-12-15;/h3,8,10H,2,4-7,9,11-12H2,1H3,(H,16,17);1H. The van der Waals surface area contributed by atoms with E-state index >= 15 is 0 Å². The van der Waals surface area contributed by atoms with Crippen molar-refractivity contribution < 1.29 is 4.74 Å². The van der Waals surface area contributed by atoms with Gasteiger partial charge in [-0.2, -0.15) is 11.3 Å². The van der Waals surface area contributed by atoms with Gasteiger partial charge in [-0.1, -0.05) is 0 Å². The fourth-order valence-corrected chi connectivity index (χ4v) is 3.72. The Bertz CT molecular complexity index is 457. The normalized spacial score (nSPS) is 25.4. The average Bonchev–Trinajstić information content (AvgIpc) is 3.18. The van der Waals surface area contributed by atoms with E-state index in [-0.39, 0.29) is 24.0 Å². The summed E-state index contributed by atoms with van der Waals surface area (Å²) in [5.41, 5.74) is 1.68. The van der Waals surface area contributed by atoms with Gasteiger partial charge in [0, 0.05) is 31.7 Å². The van der Waals surface area contributed by atoms with E-state index in [1.807, 2.05) is 0 Å². The summed E-state index contributed by atoms with van der Waals surface area (Å²) in [5, 5.41) is 7.71. The molecule has 3 rings (SSSR count). The zero-order chi connectivity index (χ0) is 13.8. The molecule has 0 bridgehead atoms. The highest BCUT2D eigenvalue weighted by Crippen LogP contribution is 2.38. The van der Waals surface area contributed by atoms with Crippen LogP contribution in [0.2, 0.25) is 0 Å². The van der Waals surface area contributed by atoms with Gasteiger partial charge in [0.25, 0.3) is 0 Å². The maximum atomic E-state index is 5.60. The van der Waals surface area contributed by atoms with Gasteiger partial charge in [-0.3, -0.25) is 0 Å². The molecule has 21 heavy (non-hydrogen) atoms. The van der Waals surface area contributed by atoms with Gasteiger partial charge < -0.3 is 15.0 Å². The molecule has 2 aliphatic rings. The fourth-order valence-electron chi connectivity index (χ4n) is 3.06. The summed E-state index contributed by atoms with van der Waals surface area (Å²) in [6, 6.07) is 2.15. The lowest BCUT2D eigenvalue weighted by Gasteiger charge is -2.24. The minimum atomic E-state index is 0. The highest BCUT2D eigenvalue weighted by Gasteiger charge is 2.42. The van der Waals surface area contributed by atoms with Crippen LogP contribution in [0.15, 0.2) is 21.8 Å². The van der Waals surface area contributed by atoms with E-state index in [0.29, 0.717) is 5.41 Å². The van der Waals surface area contributed by atoms with Gasteiger partial charge in [-0.05, 0) is 42.2 Å². The third kappa shape index (κ3) is 4.10. The monoisotopic (exact) mass is 421 g/mol. The van der Waals surface area contributed by atoms with Crippen LogP contribution in [-0.2, 0) is 11.3 Å². The SMILES string of the molecule is CCNC(=NCc1ccsc1)N1CCC2(CCOC2)C1.I. The van der Waals surface area contributed by atoms with Crippen molar-refractivity contribution >= 4 is 41.3 Å². The minimum Gasteiger partial charge on any atom is -0.381 e. The van der Waals surface area contributed by atoms with E-state index in [9.17, 15) is 0 Å². The molecule has 2 fully saturated rings. The molecule has 2 aliphatic heterocycles. The zero-order valence-corrected chi connectivity index (χ0v) is 15.7. The van der Waals surface area contributed by atoms with E-state index in [1.54, 1.807) is 11.3 Å². The Kier molecular flexibility index (Phi) is 6.31. The molecule has 0 radical (unpaired) electrons. The number of likely N-dealkylation sites (tertiary alicyclic amines) is 1. The summed E-state index contributed by atoms with van der Waals surface area (Å²) in [6.07, 6.45) is 2.43. The molecule has 0 aromatic carbocycles. The van der Waals surface area contributed by atoms with E-state index in [2.05, 4.69) is 34.0 Å². The van der Waals surface area contributed by atoms with Gasteiger partial charge in [0.2, 0.25) is 0 Å². The van der Waals surface area contributed by atoms with Crippen molar-refractivity contribution in [3.8, 4) is 0 Å². The Morgan fingerprint density at radius 2 is 2.43 bits per heavy atom. The maximum absolute atomic E-state index is 5.60. The van der Waals surface area contributed by atoms with Crippen molar-refractivity contribution in [3.63, 3.8) is 0 Å². The van der Waals surface area contributed by atoms with E-state index in [4.69, 9.17) is 9.73 Å². The van der Waals surface area contributed by atoms with Crippen LogP contribution >= 0.6 is 35.3 Å². The molecule has 0 amide bonds. The molecule has 1 atom stereocenters. The van der Waals surface area contributed by atoms with Crippen LogP contribution in [0.1, 0.15) is 25.3 Å². The van der Waals surface area contributed by atoms with E-state index < -0.39 is 0 Å². The van der Waals surface area contributed by atoms with Crippen LogP contribution in [0, 0.1) is 5.41 Å². The summed E-state index contributed by atoms with van der Waals surface area (Å²) >= 11 is 1.73. The molecule has 1 unspecified atom stereocenters. The van der Waals surface area contributed by atoms with Crippen molar-refractivity contribution in [1.29, 1.82) is 0 Å². The molecule has 3 heterocycles. The van der Waals surface area contributed by atoms with Gasteiger partial charge in [0.05, 0.1) is 13.2 Å². The van der Waals surface area contributed by atoms with Gasteiger partial charge in [-0.25, -0.2) is 4.99 Å². The molecule has 2 saturated heterocycles. The van der Waals surface area contributed by atoms with Crippen molar-refractivity contribution in [2.75, 3.05) is 32.8 Å². The summed E-state index contributed by atoms with van der Waals surface area (Å²) in [6.45, 7) is 7.85. The highest BCUT2D eigenvalue weighted by molar-refractivity contribution is 14.0. The highest BCUT2D eigenvalue weighted by atomic mass is 127. The first-order chi connectivity index (χ1) is 9.81. The molecule has 6 heteroatoms. The van der Waals surface area contributed by atoms with Crippen LogP contribution in [-0.4, -0.2) is 43.7 Å². The number of hydrogen-bond acceptors (Lipinski definition) is 3. The van der Waals surface area contributed by atoms with Gasteiger partial charge in [0.1, 0.15) is 0 Å². The number of nitrogens with zero attached hydrogens (tertiary/aromatic N) is 2. The second-order valence-corrected chi connectivity index (χ2v) is 6.56. The van der Waals surface area contributed by atoms with E-state index in [1.165, 1.54) is 18.4 Å². The lowest BCUT2D eigenvalue weighted by Crippen LogP contribution is -2.41. The first-order valence-corrected chi connectivity index (χ1v) is 8.38. The average molecular weight is 421 g/mol. The summed E-state index contributed by atoms with van der Waals surface area (Å²) in [7, 11) is 0. The Hall–Kier alpha value is -0.340. The summed E-state index contributed by atoms with van der Waals surface area (Å²) in [4.78, 5) is 7.20. The number of thiophene rings is 1. The Morgan fingerprint density at radius 1 is 1.52 bits per heavy atom. The predicted molar refractivity (Wildman–Crippen MR) is 98.6 cm³/mol. The van der Waals surface area contributed by atoms with Gasteiger partial charge in [-0.15, -0.1) is 24.0 Å². The fraction of sp³-hybridized carbons (Fsp3) is 0.667. The van der Waals surface area contributed by atoms with Crippen molar-refractivity contribution in [2.24, 2.45) is 10.4 Å². The van der Waals surface area contributed by atoms with Crippen molar-refractivity contribution in [3.05, 3.63) is 22.4 Å². The van der Waals surface area contributed by atoms with Crippen LogP contribution in [0.4, 0.5) is 0 Å². The predicted octanol–water partition coefficient (Wildman–Crippen LogP) is 2.94. The lowest BCUT2D eigenvalue weighted by atomic mass is 9.87. The number of ether oxygens (including phenoxy) is 1. The largest absolute Gasteiger partial charge is 0.381 e. The molecule has 0 aliphatic carbocycles. The smallest absolute Gasteiger partial charge is 0.194 e. The number of rotatable bonds is 3. The second kappa shape index (κ2) is 7.78. The molecule has 1 aromatic rings. The first kappa shape index (κ1) is 17.0. The number of hydrogen-bond donors (Lipinski definition) is 1. The molecule has 1 spiro atoms. The van der Waals surface area contributed by atoms with Crippen LogP contribution in [0.3, 0.4) is 0 Å². The third-order valence-corrected chi connectivity index (χ3v) is 4.98. The summed E-state index contributed by atoms with van der Waals surface area (Å²) < 4.78 is 5.60. The number of aliphatic imine (C=N–C) groups is 1. The molecule has 1 aromatic heterocycles. The molecular formula is C15H24IN3OS. The lowest BCUT2D eigenvalue weighted by molar-refractivity contribution is 0.156. The molecule has 1 N–H and O–H groups in total. The second-order valence-electron chi connectivity index (χ2n) is 5.78. The Balaban J connectivity index is 0.00000161.